The van der Waals surface area contributed by atoms with Crippen LogP contribution in [0.5, 0.6) is 0 Å². The average Bonchev–Trinajstić information content (AvgIpc) is 3.81. The van der Waals surface area contributed by atoms with Gasteiger partial charge >= 0.3 is 0 Å². The minimum atomic E-state index is -0.129. The zero-order chi connectivity index (χ0) is 36.0. The fraction of sp³-hybridized carbons (Fsp3) is 0.176. The van der Waals surface area contributed by atoms with Gasteiger partial charge in [-0.2, -0.15) is 0 Å². The molecule has 7 aromatic carbocycles. The van der Waals surface area contributed by atoms with Crippen LogP contribution in [0.1, 0.15) is 74.9 Å². The van der Waals surface area contributed by atoms with Crippen LogP contribution in [0.3, 0.4) is 0 Å². The second-order valence-electron chi connectivity index (χ2n) is 16.9. The summed E-state index contributed by atoms with van der Waals surface area (Å²) in [5.41, 5.74) is 21.0. The average molecular weight is 684 g/mol. The molecule has 53 heavy (non-hydrogen) atoms. The monoisotopic (exact) mass is 683 g/mol. The molecule has 0 aliphatic heterocycles. The topological polar surface area (TPSA) is 16.4 Å². The van der Waals surface area contributed by atoms with Crippen LogP contribution in [0.2, 0.25) is 0 Å². The molecule has 0 fully saturated rings. The highest BCUT2D eigenvalue weighted by Crippen LogP contribution is 2.57. The van der Waals surface area contributed by atoms with Crippen molar-refractivity contribution in [1.82, 2.24) is 0 Å². The lowest BCUT2D eigenvalue weighted by Crippen LogP contribution is -2.17. The third kappa shape index (κ3) is 3.88. The molecule has 0 radical (unpaired) electrons. The van der Waals surface area contributed by atoms with Gasteiger partial charge in [-0.25, -0.2) is 0 Å². The Balaban J connectivity index is 1.22. The molecule has 0 atom stereocenters. The zero-order valence-electron chi connectivity index (χ0n) is 31.1. The van der Waals surface area contributed by atoms with E-state index in [9.17, 15) is 0 Å². The van der Waals surface area contributed by atoms with Crippen molar-refractivity contribution < 1.29 is 4.42 Å². The van der Waals surface area contributed by atoms with Crippen molar-refractivity contribution in [2.75, 3.05) is 4.90 Å². The Hall–Kier alpha value is -5.86. The van der Waals surface area contributed by atoms with Gasteiger partial charge in [-0.15, -0.1) is 0 Å². The van der Waals surface area contributed by atoms with E-state index in [2.05, 4.69) is 186 Å². The number of hydrogen-bond donors (Lipinski definition) is 0. The minimum absolute atomic E-state index is 0.104. The Kier molecular flexibility index (Phi) is 5.90. The highest BCUT2D eigenvalue weighted by molar-refractivity contribution is 6.15. The van der Waals surface area contributed by atoms with Crippen molar-refractivity contribution in [2.45, 2.75) is 57.8 Å². The summed E-state index contributed by atoms with van der Waals surface area (Å²) < 4.78 is 6.84. The van der Waals surface area contributed by atoms with E-state index in [1.165, 1.54) is 72.4 Å². The van der Waals surface area contributed by atoms with Gasteiger partial charge in [0.1, 0.15) is 11.2 Å². The highest BCUT2D eigenvalue weighted by Gasteiger charge is 2.40. The minimum Gasteiger partial charge on any atom is -0.456 e. The van der Waals surface area contributed by atoms with Crippen LogP contribution in [0.4, 0.5) is 17.1 Å². The highest BCUT2D eigenvalue weighted by atomic mass is 16.3. The van der Waals surface area contributed by atoms with Crippen LogP contribution in [-0.4, -0.2) is 0 Å². The van der Waals surface area contributed by atoms with Crippen molar-refractivity contribution in [1.29, 1.82) is 0 Å². The van der Waals surface area contributed by atoms with Crippen LogP contribution >= 0.6 is 0 Å². The molecular weight excluding hydrogens is 643 g/mol. The fourth-order valence-electron chi connectivity index (χ4n) is 10.3. The predicted octanol–water partition coefficient (Wildman–Crippen LogP) is 14.0. The Morgan fingerprint density at radius 2 is 0.925 bits per heavy atom. The summed E-state index contributed by atoms with van der Waals surface area (Å²) in [5, 5.41) is 2.28. The number of hydrogen-bond acceptors (Lipinski definition) is 2. The fourth-order valence-corrected chi connectivity index (χ4v) is 10.3. The van der Waals surface area contributed by atoms with Gasteiger partial charge in [-0.3, -0.25) is 0 Å². The molecule has 0 amide bonds. The van der Waals surface area contributed by atoms with E-state index in [1.54, 1.807) is 0 Å². The van der Waals surface area contributed by atoms with Gasteiger partial charge in [0.2, 0.25) is 0 Å². The van der Waals surface area contributed by atoms with Crippen molar-refractivity contribution in [3.05, 3.63) is 173 Å². The van der Waals surface area contributed by atoms with Crippen molar-refractivity contribution in [3.8, 4) is 33.4 Å². The first kappa shape index (κ1) is 30.7. The molecule has 11 rings (SSSR count). The standard InChI is InChI=1S/C51H41NO/c1-49(2)39-20-12-9-17-34(39)47-40(49)21-13-22-43(47)52(30-25-26-33-31-15-7-10-18-37(31)50(3,4)41(33)27-30)44-23-14-24-45-48(44)36-28-35-32-16-8-11-19-38(32)51(5,6)42(35)29-46(36)53-45/h7-29H,1-6H3. The smallest absolute Gasteiger partial charge is 0.137 e. The first-order valence-corrected chi connectivity index (χ1v) is 18.9. The van der Waals surface area contributed by atoms with Crippen LogP contribution in [0.25, 0.3) is 55.3 Å². The predicted molar refractivity (Wildman–Crippen MR) is 221 cm³/mol. The molecule has 3 aliphatic carbocycles. The molecule has 0 saturated heterocycles. The van der Waals surface area contributed by atoms with Crippen LogP contribution < -0.4 is 4.90 Å². The second-order valence-corrected chi connectivity index (χ2v) is 16.9. The Morgan fingerprint density at radius 3 is 1.64 bits per heavy atom. The van der Waals surface area contributed by atoms with Crippen molar-refractivity contribution in [3.63, 3.8) is 0 Å². The third-order valence-electron chi connectivity index (χ3n) is 13.1. The van der Waals surface area contributed by atoms with E-state index in [-0.39, 0.29) is 16.2 Å². The number of furan rings is 1. The molecule has 3 aliphatic rings. The molecule has 2 heteroatoms. The Bertz CT molecular complexity index is 2880. The SMILES string of the molecule is CC1(C)c2ccccc2-c2ccc(N(c3cccc4c3-c3ccccc3C4(C)C)c3cccc4oc5cc6c(cc5c34)-c3ccccc3C6(C)C)cc21. The summed E-state index contributed by atoms with van der Waals surface area (Å²) in [7, 11) is 0. The summed E-state index contributed by atoms with van der Waals surface area (Å²) >= 11 is 0. The summed E-state index contributed by atoms with van der Waals surface area (Å²) in [6, 6.07) is 52.1. The van der Waals surface area contributed by atoms with Gasteiger partial charge in [-0.05, 0) is 104 Å². The molecular formula is C51H41NO. The van der Waals surface area contributed by atoms with Gasteiger partial charge in [0.15, 0.2) is 0 Å². The van der Waals surface area contributed by atoms with E-state index in [0.717, 1.165) is 33.3 Å². The van der Waals surface area contributed by atoms with E-state index in [4.69, 9.17) is 4.42 Å². The lowest BCUT2D eigenvalue weighted by Gasteiger charge is -2.31. The van der Waals surface area contributed by atoms with Crippen LogP contribution in [-0.2, 0) is 16.2 Å². The molecule has 0 N–H and O–H groups in total. The first-order chi connectivity index (χ1) is 25.6. The number of rotatable bonds is 3. The van der Waals surface area contributed by atoms with Gasteiger partial charge in [-0.1, -0.05) is 139 Å². The van der Waals surface area contributed by atoms with Crippen LogP contribution in [0, 0.1) is 0 Å². The molecule has 1 heterocycles. The largest absolute Gasteiger partial charge is 0.456 e. The lowest BCUT2D eigenvalue weighted by molar-refractivity contribution is 0.647. The Labute approximate surface area is 311 Å². The third-order valence-corrected chi connectivity index (χ3v) is 13.1. The molecule has 0 unspecified atom stereocenters. The van der Waals surface area contributed by atoms with E-state index in [1.807, 2.05) is 0 Å². The maximum atomic E-state index is 6.84. The molecule has 1 aromatic heterocycles. The van der Waals surface area contributed by atoms with Crippen LogP contribution in [0.15, 0.2) is 144 Å². The molecule has 0 spiro atoms. The number of nitrogens with zero attached hydrogens (tertiary/aromatic N) is 1. The molecule has 256 valence electrons. The van der Waals surface area contributed by atoms with Gasteiger partial charge in [0.25, 0.3) is 0 Å². The zero-order valence-corrected chi connectivity index (χ0v) is 31.1. The summed E-state index contributed by atoms with van der Waals surface area (Å²) in [5.74, 6) is 0. The molecule has 0 bridgehead atoms. The molecule has 8 aromatic rings. The normalized spacial score (nSPS) is 16.2. The van der Waals surface area contributed by atoms with Crippen molar-refractivity contribution in [2.24, 2.45) is 0 Å². The summed E-state index contributed by atoms with van der Waals surface area (Å²) in [4.78, 5) is 2.53. The first-order valence-electron chi connectivity index (χ1n) is 18.9. The van der Waals surface area contributed by atoms with Gasteiger partial charge in [0.05, 0.1) is 16.8 Å². The number of benzene rings is 7. The maximum absolute atomic E-state index is 6.84. The summed E-state index contributed by atoms with van der Waals surface area (Å²) in [6.45, 7) is 14.1. The lowest BCUT2D eigenvalue weighted by atomic mass is 9.82. The Morgan fingerprint density at radius 1 is 0.396 bits per heavy atom. The van der Waals surface area contributed by atoms with Gasteiger partial charge < -0.3 is 9.32 Å². The molecule has 0 saturated carbocycles. The maximum Gasteiger partial charge on any atom is 0.137 e. The van der Waals surface area contributed by atoms with Gasteiger partial charge in [0, 0.05) is 32.9 Å². The van der Waals surface area contributed by atoms with E-state index < -0.39 is 0 Å². The second kappa shape index (κ2) is 10.2. The number of anilines is 3. The van der Waals surface area contributed by atoms with E-state index >= 15 is 0 Å². The summed E-state index contributed by atoms with van der Waals surface area (Å²) in [6.07, 6.45) is 0. The molecule has 2 nitrogen and oxygen atoms in total. The van der Waals surface area contributed by atoms with Crippen molar-refractivity contribution >= 4 is 39.0 Å². The quantitative estimate of drug-likeness (QED) is 0.184. The number of fused-ring (bicyclic) bond motifs is 12. The van der Waals surface area contributed by atoms with E-state index in [0.29, 0.717) is 0 Å².